The second-order valence-electron chi connectivity index (χ2n) is 7.51. The Morgan fingerprint density at radius 1 is 1.28 bits per heavy atom. The molecule has 1 aromatic rings. The molecular weight excluding hydrogens is 314 g/mol. The Morgan fingerprint density at radius 3 is 2.68 bits per heavy atom. The lowest BCUT2D eigenvalue weighted by Crippen LogP contribution is -2.54. The van der Waals surface area contributed by atoms with E-state index in [1.165, 1.54) is 5.56 Å². The third kappa shape index (κ3) is 5.03. The molecule has 2 saturated heterocycles. The average Bonchev–Trinajstić information content (AvgIpc) is 2.65. The molecular formula is C20H31N3O2. The Balaban J connectivity index is 1.46. The van der Waals surface area contributed by atoms with Gasteiger partial charge in [0.15, 0.2) is 0 Å². The maximum Gasteiger partial charge on any atom is 0.237 e. The third-order valence-corrected chi connectivity index (χ3v) is 5.67. The van der Waals surface area contributed by atoms with Crippen LogP contribution in [-0.4, -0.2) is 48.7 Å². The summed E-state index contributed by atoms with van der Waals surface area (Å²) in [6.07, 6.45) is 3.75. The second-order valence-corrected chi connectivity index (χ2v) is 7.51. The van der Waals surface area contributed by atoms with Crippen molar-refractivity contribution in [3.63, 3.8) is 0 Å². The van der Waals surface area contributed by atoms with Crippen LogP contribution in [0, 0.1) is 5.92 Å². The molecule has 2 heterocycles. The van der Waals surface area contributed by atoms with E-state index in [-0.39, 0.29) is 17.9 Å². The molecule has 2 aliphatic heterocycles. The molecule has 0 saturated carbocycles. The first-order valence-corrected chi connectivity index (χ1v) is 9.55. The topological polar surface area (TPSA) is 67.6 Å². The molecule has 2 aliphatic rings. The SMILES string of the molecule is CC1CC(NC(=O)C(N)C2CCOCC2)CCN1Cc1ccccc1. The summed E-state index contributed by atoms with van der Waals surface area (Å²) >= 11 is 0. The van der Waals surface area contributed by atoms with Crippen LogP contribution < -0.4 is 11.1 Å². The van der Waals surface area contributed by atoms with Gasteiger partial charge in [0, 0.05) is 38.4 Å². The summed E-state index contributed by atoms with van der Waals surface area (Å²) in [6, 6.07) is 10.9. The molecule has 3 unspecified atom stereocenters. The van der Waals surface area contributed by atoms with Gasteiger partial charge < -0.3 is 15.8 Å². The number of likely N-dealkylation sites (tertiary alicyclic amines) is 1. The van der Waals surface area contributed by atoms with Crippen LogP contribution in [0.15, 0.2) is 30.3 Å². The number of nitrogens with two attached hydrogens (primary N) is 1. The van der Waals surface area contributed by atoms with Crippen LogP contribution in [0.2, 0.25) is 0 Å². The highest BCUT2D eigenvalue weighted by Gasteiger charge is 2.30. The van der Waals surface area contributed by atoms with Gasteiger partial charge in [-0.05, 0) is 44.1 Å². The number of rotatable bonds is 5. The first-order valence-electron chi connectivity index (χ1n) is 9.55. The van der Waals surface area contributed by atoms with Gasteiger partial charge >= 0.3 is 0 Å². The van der Waals surface area contributed by atoms with E-state index < -0.39 is 6.04 Å². The molecule has 1 aromatic carbocycles. The molecule has 1 amide bonds. The van der Waals surface area contributed by atoms with Crippen LogP contribution in [-0.2, 0) is 16.1 Å². The highest BCUT2D eigenvalue weighted by Crippen LogP contribution is 2.21. The van der Waals surface area contributed by atoms with Crippen molar-refractivity contribution in [3.05, 3.63) is 35.9 Å². The number of hydrogen-bond donors (Lipinski definition) is 2. The van der Waals surface area contributed by atoms with Gasteiger partial charge in [-0.15, -0.1) is 0 Å². The van der Waals surface area contributed by atoms with Gasteiger partial charge in [0.2, 0.25) is 5.91 Å². The van der Waals surface area contributed by atoms with Crippen molar-refractivity contribution in [3.8, 4) is 0 Å². The fourth-order valence-electron chi connectivity index (χ4n) is 3.99. The maximum atomic E-state index is 12.5. The minimum absolute atomic E-state index is 0.0145. The van der Waals surface area contributed by atoms with E-state index in [1.54, 1.807) is 0 Å². The Hall–Kier alpha value is -1.43. The molecule has 5 heteroatoms. The lowest BCUT2D eigenvalue weighted by atomic mass is 9.91. The van der Waals surface area contributed by atoms with Gasteiger partial charge in [0.05, 0.1) is 6.04 Å². The highest BCUT2D eigenvalue weighted by molar-refractivity contribution is 5.82. The number of amides is 1. The first-order chi connectivity index (χ1) is 12.1. The van der Waals surface area contributed by atoms with E-state index in [1.807, 2.05) is 0 Å². The van der Waals surface area contributed by atoms with E-state index in [2.05, 4.69) is 47.5 Å². The molecule has 138 valence electrons. The van der Waals surface area contributed by atoms with Crippen molar-refractivity contribution in [2.24, 2.45) is 11.7 Å². The van der Waals surface area contributed by atoms with E-state index in [9.17, 15) is 4.79 Å². The van der Waals surface area contributed by atoms with E-state index in [0.717, 1.165) is 52.0 Å². The number of carbonyl (C=O) groups is 1. The second kappa shape index (κ2) is 8.79. The molecule has 3 rings (SSSR count). The number of piperidine rings is 1. The quantitative estimate of drug-likeness (QED) is 0.855. The molecule has 0 spiro atoms. The van der Waals surface area contributed by atoms with Gasteiger partial charge in [-0.1, -0.05) is 30.3 Å². The van der Waals surface area contributed by atoms with Crippen LogP contribution in [0.25, 0.3) is 0 Å². The zero-order chi connectivity index (χ0) is 17.6. The van der Waals surface area contributed by atoms with Gasteiger partial charge in [0.1, 0.15) is 0 Å². The van der Waals surface area contributed by atoms with Crippen molar-refractivity contribution in [2.45, 2.75) is 57.3 Å². The molecule has 3 N–H and O–H groups in total. The number of hydrogen-bond acceptors (Lipinski definition) is 4. The van der Waals surface area contributed by atoms with Crippen molar-refractivity contribution in [1.29, 1.82) is 0 Å². The van der Waals surface area contributed by atoms with Crippen LogP contribution in [0.1, 0.15) is 38.2 Å². The van der Waals surface area contributed by atoms with Crippen LogP contribution in [0.5, 0.6) is 0 Å². The monoisotopic (exact) mass is 345 g/mol. The number of nitrogens with one attached hydrogen (secondary N) is 1. The largest absolute Gasteiger partial charge is 0.381 e. The summed E-state index contributed by atoms with van der Waals surface area (Å²) in [7, 11) is 0. The fourth-order valence-corrected chi connectivity index (χ4v) is 3.99. The fraction of sp³-hybridized carbons (Fsp3) is 0.650. The molecule has 2 fully saturated rings. The minimum atomic E-state index is -0.401. The van der Waals surface area contributed by atoms with Crippen molar-refractivity contribution >= 4 is 5.91 Å². The number of benzene rings is 1. The summed E-state index contributed by atoms with van der Waals surface area (Å²) in [5.41, 5.74) is 7.54. The Kier molecular flexibility index (Phi) is 6.45. The lowest BCUT2D eigenvalue weighted by molar-refractivity contribution is -0.125. The predicted molar refractivity (Wildman–Crippen MR) is 99.0 cm³/mol. The van der Waals surface area contributed by atoms with E-state index in [4.69, 9.17) is 10.5 Å². The molecule has 25 heavy (non-hydrogen) atoms. The molecule has 0 radical (unpaired) electrons. The normalized spacial score (nSPS) is 27.0. The van der Waals surface area contributed by atoms with E-state index in [0.29, 0.717) is 6.04 Å². The lowest BCUT2D eigenvalue weighted by Gasteiger charge is -2.38. The molecule has 0 bridgehead atoms. The maximum absolute atomic E-state index is 12.5. The third-order valence-electron chi connectivity index (χ3n) is 5.67. The smallest absolute Gasteiger partial charge is 0.237 e. The highest BCUT2D eigenvalue weighted by atomic mass is 16.5. The minimum Gasteiger partial charge on any atom is -0.381 e. The van der Waals surface area contributed by atoms with Gasteiger partial charge in [-0.25, -0.2) is 0 Å². The number of carbonyl (C=O) groups excluding carboxylic acids is 1. The van der Waals surface area contributed by atoms with Crippen LogP contribution in [0.3, 0.4) is 0 Å². The Morgan fingerprint density at radius 2 is 2.00 bits per heavy atom. The van der Waals surface area contributed by atoms with Crippen molar-refractivity contribution in [2.75, 3.05) is 19.8 Å². The summed E-state index contributed by atoms with van der Waals surface area (Å²) in [4.78, 5) is 15.0. The zero-order valence-electron chi connectivity index (χ0n) is 15.2. The van der Waals surface area contributed by atoms with E-state index >= 15 is 0 Å². The van der Waals surface area contributed by atoms with Gasteiger partial charge in [-0.3, -0.25) is 9.69 Å². The predicted octanol–water partition coefficient (Wildman–Crippen LogP) is 1.91. The summed E-state index contributed by atoms with van der Waals surface area (Å²) < 4.78 is 5.36. The summed E-state index contributed by atoms with van der Waals surface area (Å²) in [5.74, 6) is 0.268. The molecule has 3 atom stereocenters. The van der Waals surface area contributed by atoms with Crippen LogP contribution >= 0.6 is 0 Å². The molecule has 5 nitrogen and oxygen atoms in total. The first kappa shape index (κ1) is 18.4. The van der Waals surface area contributed by atoms with Crippen molar-refractivity contribution in [1.82, 2.24) is 10.2 Å². The summed E-state index contributed by atoms with van der Waals surface area (Å²) in [6.45, 7) is 5.68. The summed E-state index contributed by atoms with van der Waals surface area (Å²) in [5, 5.41) is 3.20. The molecule has 0 aliphatic carbocycles. The standard InChI is InChI=1S/C20H31N3O2/c1-15-13-18(7-10-23(15)14-16-5-3-2-4-6-16)22-20(24)19(21)17-8-11-25-12-9-17/h2-6,15,17-19H,7-14,21H2,1H3,(H,22,24). The average molecular weight is 345 g/mol. The zero-order valence-corrected chi connectivity index (χ0v) is 15.2. The Bertz CT molecular complexity index is 545. The number of ether oxygens (including phenoxy) is 1. The van der Waals surface area contributed by atoms with Crippen molar-refractivity contribution < 1.29 is 9.53 Å². The van der Waals surface area contributed by atoms with Crippen LogP contribution in [0.4, 0.5) is 0 Å². The van der Waals surface area contributed by atoms with Gasteiger partial charge in [-0.2, -0.15) is 0 Å². The number of nitrogens with zero attached hydrogens (tertiary/aromatic N) is 1. The molecule has 0 aromatic heterocycles. The Labute approximate surface area is 150 Å². The van der Waals surface area contributed by atoms with Gasteiger partial charge in [0.25, 0.3) is 0 Å².